The van der Waals surface area contributed by atoms with E-state index in [0.29, 0.717) is 22.2 Å². The smallest absolute Gasteiger partial charge is 0.339 e. The molecule has 29 heavy (non-hydrogen) atoms. The topological polar surface area (TPSA) is 52.6 Å². The second-order valence-electron chi connectivity index (χ2n) is 6.76. The van der Waals surface area contributed by atoms with Crippen LogP contribution < -0.4 is 0 Å². The van der Waals surface area contributed by atoms with E-state index in [1.165, 1.54) is 19.3 Å². The minimum atomic E-state index is -0.617. The second kappa shape index (κ2) is 12.5. The molecule has 0 bridgehead atoms. The highest BCUT2D eigenvalue weighted by atomic mass is 35.5. The molecule has 4 nitrogen and oxygen atoms in total. The van der Waals surface area contributed by atoms with E-state index in [0.717, 1.165) is 19.3 Å². The molecule has 156 valence electrons. The third-order valence-corrected chi connectivity index (χ3v) is 5.07. The summed E-state index contributed by atoms with van der Waals surface area (Å²) >= 11 is 12.0. The lowest BCUT2D eigenvalue weighted by molar-refractivity contribution is 0.0436. The molecule has 0 aromatic heterocycles. The average molecular weight is 437 g/mol. The Hall–Kier alpha value is -2.04. The highest BCUT2D eigenvalue weighted by Gasteiger charge is 2.19. The van der Waals surface area contributed by atoms with Crippen molar-refractivity contribution >= 4 is 35.1 Å². The predicted octanol–water partition coefficient (Wildman–Crippen LogP) is 6.87. The van der Waals surface area contributed by atoms with Gasteiger partial charge < -0.3 is 9.47 Å². The molecule has 0 atom stereocenters. The van der Waals surface area contributed by atoms with E-state index in [-0.39, 0.29) is 17.7 Å². The summed E-state index contributed by atoms with van der Waals surface area (Å²) in [6.45, 7) is 2.47. The molecule has 0 spiro atoms. The van der Waals surface area contributed by atoms with Gasteiger partial charge in [0.2, 0.25) is 0 Å². The number of halogens is 2. The molecule has 0 radical (unpaired) electrons. The number of benzene rings is 2. The van der Waals surface area contributed by atoms with Crippen LogP contribution in [0.5, 0.6) is 0 Å². The Kier molecular flexibility index (Phi) is 10.0. The van der Waals surface area contributed by atoms with Gasteiger partial charge >= 0.3 is 11.9 Å². The van der Waals surface area contributed by atoms with E-state index >= 15 is 0 Å². The summed E-state index contributed by atoms with van der Waals surface area (Å²) in [5.74, 6) is -1.14. The minimum absolute atomic E-state index is 0.0423. The third kappa shape index (κ3) is 7.71. The lowest BCUT2D eigenvalue weighted by Gasteiger charge is -2.11. The first kappa shape index (κ1) is 23.2. The molecule has 0 unspecified atom stereocenters. The maximum atomic E-state index is 12.5. The van der Waals surface area contributed by atoms with Gasteiger partial charge in [-0.15, -0.1) is 0 Å². The largest absolute Gasteiger partial charge is 0.462 e. The van der Waals surface area contributed by atoms with Gasteiger partial charge in [-0.25, -0.2) is 9.59 Å². The zero-order chi connectivity index (χ0) is 21.1. The summed E-state index contributed by atoms with van der Waals surface area (Å²) in [4.78, 5) is 24.9. The molecule has 0 heterocycles. The van der Waals surface area contributed by atoms with Gasteiger partial charge in [0.05, 0.1) is 17.7 Å². The van der Waals surface area contributed by atoms with E-state index in [9.17, 15) is 9.59 Å². The highest BCUT2D eigenvalue weighted by Crippen LogP contribution is 2.22. The molecule has 0 amide bonds. The van der Waals surface area contributed by atoms with Crippen LogP contribution >= 0.6 is 23.2 Å². The number of carbonyl (C=O) groups is 2. The molecular weight excluding hydrogens is 411 g/mol. The zero-order valence-corrected chi connectivity index (χ0v) is 18.1. The maximum Gasteiger partial charge on any atom is 0.339 e. The number of carbonyl (C=O) groups excluding carboxylic acids is 2. The van der Waals surface area contributed by atoms with Crippen molar-refractivity contribution in [2.24, 2.45) is 0 Å². The van der Waals surface area contributed by atoms with Gasteiger partial charge in [-0.2, -0.15) is 0 Å². The predicted molar refractivity (Wildman–Crippen MR) is 116 cm³/mol. The summed E-state index contributed by atoms with van der Waals surface area (Å²) in [7, 11) is 0. The number of esters is 2. The van der Waals surface area contributed by atoms with Crippen molar-refractivity contribution in [3.05, 3.63) is 69.2 Å². The van der Waals surface area contributed by atoms with Gasteiger partial charge in [-0.05, 0) is 36.8 Å². The first-order valence-electron chi connectivity index (χ1n) is 9.90. The van der Waals surface area contributed by atoms with Crippen LogP contribution in [0.25, 0.3) is 0 Å². The molecule has 2 aromatic rings. The van der Waals surface area contributed by atoms with Crippen molar-refractivity contribution < 1.29 is 19.1 Å². The van der Waals surface area contributed by atoms with Crippen molar-refractivity contribution in [2.45, 2.75) is 52.1 Å². The second-order valence-corrected chi connectivity index (χ2v) is 7.60. The van der Waals surface area contributed by atoms with Crippen LogP contribution in [0.4, 0.5) is 0 Å². The number of unbranched alkanes of at least 4 members (excludes halogenated alkanes) is 5. The van der Waals surface area contributed by atoms with Crippen molar-refractivity contribution in [1.29, 1.82) is 0 Å². The molecule has 0 N–H and O–H groups in total. The Morgan fingerprint density at radius 2 is 1.45 bits per heavy atom. The van der Waals surface area contributed by atoms with Crippen LogP contribution in [0.1, 0.15) is 71.7 Å². The molecule has 0 fully saturated rings. The highest BCUT2D eigenvalue weighted by molar-refractivity contribution is 6.33. The fourth-order valence-electron chi connectivity index (χ4n) is 2.84. The fraction of sp³-hybridized carbons (Fsp3) is 0.391. The number of hydrogen-bond donors (Lipinski definition) is 0. The van der Waals surface area contributed by atoms with Gasteiger partial charge in [-0.1, -0.05) is 74.4 Å². The summed E-state index contributed by atoms with van der Waals surface area (Å²) < 4.78 is 10.7. The van der Waals surface area contributed by atoms with Crippen LogP contribution in [0.2, 0.25) is 10.0 Å². The van der Waals surface area contributed by atoms with Crippen LogP contribution in [0.3, 0.4) is 0 Å². The summed E-state index contributed by atoms with van der Waals surface area (Å²) in [6.07, 6.45) is 6.61. The number of ether oxygens (including phenoxy) is 2. The van der Waals surface area contributed by atoms with Crippen molar-refractivity contribution in [1.82, 2.24) is 0 Å². The number of rotatable bonds is 11. The fourth-order valence-corrected chi connectivity index (χ4v) is 3.21. The van der Waals surface area contributed by atoms with Crippen LogP contribution in [0.15, 0.2) is 42.5 Å². The van der Waals surface area contributed by atoms with Crippen LogP contribution in [0, 0.1) is 0 Å². The van der Waals surface area contributed by atoms with Gasteiger partial charge in [-0.3, -0.25) is 0 Å². The van der Waals surface area contributed by atoms with E-state index in [2.05, 4.69) is 6.92 Å². The SMILES string of the molecule is CCCCCCCCOC(=O)c1ccccc1C(=O)OCc1cc(Cl)ccc1Cl. The maximum absolute atomic E-state index is 12.5. The first-order valence-corrected chi connectivity index (χ1v) is 10.7. The molecule has 0 aliphatic heterocycles. The van der Waals surface area contributed by atoms with Crippen LogP contribution in [-0.4, -0.2) is 18.5 Å². The van der Waals surface area contributed by atoms with Gasteiger partial charge in [0, 0.05) is 15.6 Å². The lowest BCUT2D eigenvalue weighted by Crippen LogP contribution is -2.14. The van der Waals surface area contributed by atoms with E-state index in [4.69, 9.17) is 32.7 Å². The Bertz CT molecular complexity index is 820. The monoisotopic (exact) mass is 436 g/mol. The quantitative estimate of drug-likeness (QED) is 0.284. The molecule has 0 saturated carbocycles. The minimum Gasteiger partial charge on any atom is -0.462 e. The van der Waals surface area contributed by atoms with Gasteiger partial charge in [0.1, 0.15) is 6.61 Å². The molecule has 2 aromatic carbocycles. The Morgan fingerprint density at radius 1 is 0.828 bits per heavy atom. The summed E-state index contributed by atoms with van der Waals surface area (Å²) in [6, 6.07) is 11.4. The molecule has 0 aliphatic carbocycles. The van der Waals surface area contributed by atoms with E-state index in [1.54, 1.807) is 42.5 Å². The normalized spacial score (nSPS) is 10.6. The Balaban J connectivity index is 1.90. The molecule has 6 heteroatoms. The average Bonchev–Trinajstić information content (AvgIpc) is 2.73. The van der Waals surface area contributed by atoms with E-state index < -0.39 is 11.9 Å². The van der Waals surface area contributed by atoms with Gasteiger partial charge in [0.25, 0.3) is 0 Å². The van der Waals surface area contributed by atoms with Crippen LogP contribution in [-0.2, 0) is 16.1 Å². The van der Waals surface area contributed by atoms with E-state index in [1.807, 2.05) is 0 Å². The third-order valence-electron chi connectivity index (χ3n) is 4.46. The standard InChI is InChI=1S/C23H26Cl2O4/c1-2-3-4-5-6-9-14-28-22(26)19-10-7-8-11-20(19)23(27)29-16-17-15-18(24)12-13-21(17)25/h7-8,10-13,15H,2-6,9,14,16H2,1H3. The first-order chi connectivity index (χ1) is 14.0. The van der Waals surface area contributed by atoms with Crippen molar-refractivity contribution in [3.63, 3.8) is 0 Å². The summed E-state index contributed by atoms with van der Waals surface area (Å²) in [5, 5.41) is 0.952. The molecule has 0 saturated heterocycles. The Labute approximate surface area is 182 Å². The molecular formula is C23H26Cl2O4. The summed E-state index contributed by atoms with van der Waals surface area (Å²) in [5.41, 5.74) is 0.954. The van der Waals surface area contributed by atoms with Crippen molar-refractivity contribution in [3.8, 4) is 0 Å². The Morgan fingerprint density at radius 3 is 2.14 bits per heavy atom. The van der Waals surface area contributed by atoms with Crippen molar-refractivity contribution in [2.75, 3.05) is 6.61 Å². The van der Waals surface area contributed by atoms with Gasteiger partial charge in [0.15, 0.2) is 0 Å². The molecule has 0 aliphatic rings. The number of hydrogen-bond acceptors (Lipinski definition) is 4. The molecule has 2 rings (SSSR count). The lowest BCUT2D eigenvalue weighted by atomic mass is 10.1. The zero-order valence-electron chi connectivity index (χ0n) is 16.6.